The van der Waals surface area contributed by atoms with Gasteiger partial charge in [-0.1, -0.05) is 0 Å². The molecule has 0 aliphatic carbocycles. The molecule has 3 heteroatoms. The molecule has 0 aliphatic heterocycles. The maximum Gasteiger partial charge on any atom is 0 e. The SMILES string of the molecule is [Ir].[NH-]CCN. The van der Waals surface area contributed by atoms with E-state index in [9.17, 15) is 0 Å². The molecule has 1 radical (unpaired) electrons. The van der Waals surface area contributed by atoms with Crippen LogP contribution < -0.4 is 5.73 Å². The van der Waals surface area contributed by atoms with Gasteiger partial charge in [0.2, 0.25) is 0 Å². The minimum Gasteiger partial charge on any atom is -0.676 e. The smallest absolute Gasteiger partial charge is 0 e. The van der Waals surface area contributed by atoms with E-state index in [-0.39, 0.29) is 20.1 Å². The molecule has 0 aromatic rings. The van der Waals surface area contributed by atoms with Crippen molar-refractivity contribution in [3.8, 4) is 0 Å². The van der Waals surface area contributed by atoms with Crippen LogP contribution in [-0.2, 0) is 20.1 Å². The van der Waals surface area contributed by atoms with Crippen LogP contribution in [0, 0.1) is 0 Å². The van der Waals surface area contributed by atoms with Crippen molar-refractivity contribution in [2.24, 2.45) is 5.73 Å². The fourth-order valence-corrected chi connectivity index (χ4v) is 0. The zero-order valence-electron chi connectivity index (χ0n) is 2.82. The van der Waals surface area contributed by atoms with Crippen LogP contribution in [0.25, 0.3) is 5.73 Å². The van der Waals surface area contributed by atoms with E-state index in [1.807, 2.05) is 0 Å². The molecule has 0 spiro atoms. The topological polar surface area (TPSA) is 49.8 Å². The summed E-state index contributed by atoms with van der Waals surface area (Å²) in [7, 11) is 0. The molecular weight excluding hydrogens is 244 g/mol. The van der Waals surface area contributed by atoms with Crippen molar-refractivity contribution in [1.29, 1.82) is 0 Å². The second kappa shape index (κ2) is 8.82. The molecule has 0 saturated heterocycles. The summed E-state index contributed by atoms with van der Waals surface area (Å²) < 4.78 is 0. The molecule has 3 N–H and O–H groups in total. The van der Waals surface area contributed by atoms with Gasteiger partial charge >= 0.3 is 0 Å². The monoisotopic (exact) mass is 252 g/mol. The van der Waals surface area contributed by atoms with Gasteiger partial charge < -0.3 is 11.5 Å². The second-order valence-corrected chi connectivity index (χ2v) is 0.539. The van der Waals surface area contributed by atoms with Crippen molar-refractivity contribution in [3.63, 3.8) is 0 Å². The largest absolute Gasteiger partial charge is 0.676 e. The van der Waals surface area contributed by atoms with Crippen LogP contribution in [0.5, 0.6) is 0 Å². The fraction of sp³-hybridized carbons (Fsp3) is 1.00. The fourth-order valence-electron chi connectivity index (χ4n) is 0. The molecule has 0 aromatic carbocycles. The third-order valence-corrected chi connectivity index (χ3v) is 0.144. The third-order valence-electron chi connectivity index (χ3n) is 0.144. The first-order valence-corrected chi connectivity index (χ1v) is 1.26. The van der Waals surface area contributed by atoms with E-state index in [1.165, 1.54) is 0 Å². The Labute approximate surface area is 45.3 Å². The van der Waals surface area contributed by atoms with Crippen LogP contribution in [0.4, 0.5) is 0 Å². The van der Waals surface area contributed by atoms with Crippen molar-refractivity contribution in [2.45, 2.75) is 0 Å². The number of hydrogen-bond donors (Lipinski definition) is 1. The average Bonchev–Trinajstić information content (AvgIpc) is 1.37. The maximum absolute atomic E-state index is 6.33. The Morgan fingerprint density at radius 2 is 1.80 bits per heavy atom. The van der Waals surface area contributed by atoms with Crippen LogP contribution in [-0.4, -0.2) is 13.1 Å². The van der Waals surface area contributed by atoms with Gasteiger partial charge in [-0.3, -0.25) is 0 Å². The van der Waals surface area contributed by atoms with Gasteiger partial charge in [0.25, 0.3) is 0 Å². The summed E-state index contributed by atoms with van der Waals surface area (Å²) in [6.07, 6.45) is 0. The summed E-state index contributed by atoms with van der Waals surface area (Å²) in [5.41, 5.74) is 11.2. The minimum absolute atomic E-state index is 0. The molecule has 0 saturated carbocycles. The maximum atomic E-state index is 6.33. The number of rotatable bonds is 1. The summed E-state index contributed by atoms with van der Waals surface area (Å²) in [5, 5.41) is 0. The number of nitrogens with two attached hydrogens (primary N) is 1. The molecule has 0 heterocycles. The van der Waals surface area contributed by atoms with Gasteiger partial charge in [-0.05, 0) is 6.54 Å². The summed E-state index contributed by atoms with van der Waals surface area (Å²) in [4.78, 5) is 0. The van der Waals surface area contributed by atoms with Gasteiger partial charge in [-0.15, -0.1) is 6.54 Å². The van der Waals surface area contributed by atoms with E-state index in [4.69, 9.17) is 11.5 Å². The molecule has 0 aromatic heterocycles. The minimum atomic E-state index is 0. The molecule has 0 aliphatic rings. The van der Waals surface area contributed by atoms with E-state index in [0.717, 1.165) is 0 Å². The Morgan fingerprint density at radius 3 is 1.80 bits per heavy atom. The van der Waals surface area contributed by atoms with Crippen LogP contribution in [0.1, 0.15) is 0 Å². The predicted molar refractivity (Wildman–Crippen MR) is 18.2 cm³/mol. The Bertz CT molecular complexity index is 9.61. The molecule has 35 valence electrons. The summed E-state index contributed by atoms with van der Waals surface area (Å²) in [6, 6.07) is 0. The second-order valence-electron chi connectivity index (χ2n) is 0.539. The van der Waals surface area contributed by atoms with Crippen molar-refractivity contribution in [1.82, 2.24) is 0 Å². The Hall–Kier alpha value is 0.569. The van der Waals surface area contributed by atoms with Crippen molar-refractivity contribution in [3.05, 3.63) is 5.73 Å². The standard InChI is InChI=1S/C2H7N2.Ir/c3-1-2-4;/h3H,1-2,4H2;/q-1;. The van der Waals surface area contributed by atoms with Gasteiger partial charge in [-0.2, -0.15) is 0 Å². The molecule has 0 amide bonds. The van der Waals surface area contributed by atoms with Gasteiger partial charge in [0.05, 0.1) is 0 Å². The Kier molecular flexibility index (Phi) is 16.1. The zero-order valence-corrected chi connectivity index (χ0v) is 5.22. The molecule has 0 unspecified atom stereocenters. The number of nitrogens with one attached hydrogen (secondary N) is 1. The van der Waals surface area contributed by atoms with E-state index in [1.54, 1.807) is 0 Å². The van der Waals surface area contributed by atoms with Gasteiger partial charge in [0.15, 0.2) is 0 Å². The first kappa shape index (κ1) is 9.13. The molecule has 2 nitrogen and oxygen atoms in total. The van der Waals surface area contributed by atoms with Crippen LogP contribution in [0.2, 0.25) is 0 Å². The zero-order chi connectivity index (χ0) is 3.41. The normalized spacial score (nSPS) is 6.00. The van der Waals surface area contributed by atoms with Crippen molar-refractivity contribution < 1.29 is 20.1 Å². The van der Waals surface area contributed by atoms with Crippen molar-refractivity contribution in [2.75, 3.05) is 13.1 Å². The number of hydrogen-bond acceptors (Lipinski definition) is 1. The summed E-state index contributed by atoms with van der Waals surface area (Å²) in [6.45, 7) is 0.833. The van der Waals surface area contributed by atoms with Crippen LogP contribution in [0.15, 0.2) is 0 Å². The molecule has 0 fully saturated rings. The van der Waals surface area contributed by atoms with E-state index >= 15 is 0 Å². The summed E-state index contributed by atoms with van der Waals surface area (Å²) in [5.74, 6) is 0. The van der Waals surface area contributed by atoms with E-state index in [2.05, 4.69) is 0 Å². The summed E-state index contributed by atoms with van der Waals surface area (Å²) >= 11 is 0. The van der Waals surface area contributed by atoms with Gasteiger partial charge in [-0.25, -0.2) is 0 Å². The van der Waals surface area contributed by atoms with Gasteiger partial charge in [0.1, 0.15) is 0 Å². The van der Waals surface area contributed by atoms with Gasteiger partial charge in [0, 0.05) is 20.1 Å². The quantitative estimate of drug-likeness (QED) is 0.700. The van der Waals surface area contributed by atoms with E-state index in [0.29, 0.717) is 13.1 Å². The predicted octanol–water partition coefficient (Wildman–Crippen LogP) is -0.00520. The van der Waals surface area contributed by atoms with E-state index < -0.39 is 0 Å². The van der Waals surface area contributed by atoms with Crippen molar-refractivity contribution >= 4 is 0 Å². The molecular formula is C2H7IrN2-. The average molecular weight is 251 g/mol. The molecule has 5 heavy (non-hydrogen) atoms. The molecule has 0 atom stereocenters. The first-order chi connectivity index (χ1) is 1.91. The Balaban J connectivity index is 0. The third kappa shape index (κ3) is 12.2. The Morgan fingerprint density at radius 1 is 1.60 bits per heavy atom. The first-order valence-electron chi connectivity index (χ1n) is 1.26. The molecule has 0 bridgehead atoms. The molecule has 0 rings (SSSR count). The van der Waals surface area contributed by atoms with Crippen LogP contribution >= 0.6 is 0 Å². The van der Waals surface area contributed by atoms with Crippen LogP contribution in [0.3, 0.4) is 0 Å².